The van der Waals surface area contributed by atoms with Gasteiger partial charge >= 0.3 is 0 Å². The van der Waals surface area contributed by atoms with Crippen LogP contribution in [0.3, 0.4) is 0 Å². The van der Waals surface area contributed by atoms with E-state index in [1.165, 1.54) is 0 Å². The first-order valence-corrected chi connectivity index (χ1v) is 8.72. The third-order valence-electron chi connectivity index (χ3n) is 4.73. The van der Waals surface area contributed by atoms with E-state index >= 15 is 0 Å². The summed E-state index contributed by atoms with van der Waals surface area (Å²) in [4.78, 5) is 13.4. The molecule has 3 heterocycles. The SMILES string of the molecule is CN(c1ccccc1)c1ccc(-c2nc(C3CNCCN3C)no2)cn1.Cl. The minimum Gasteiger partial charge on any atom is -0.334 e. The summed E-state index contributed by atoms with van der Waals surface area (Å²) in [7, 11) is 4.07. The Labute approximate surface area is 164 Å². The second kappa shape index (κ2) is 8.47. The highest BCUT2D eigenvalue weighted by Crippen LogP contribution is 2.25. The molecule has 1 unspecified atom stereocenters. The van der Waals surface area contributed by atoms with Crippen molar-refractivity contribution >= 4 is 23.9 Å². The number of benzene rings is 1. The molecule has 0 saturated carbocycles. The lowest BCUT2D eigenvalue weighted by Gasteiger charge is -2.30. The molecule has 0 amide bonds. The number of piperazine rings is 1. The van der Waals surface area contributed by atoms with Gasteiger partial charge in [0, 0.05) is 38.6 Å². The summed E-state index contributed by atoms with van der Waals surface area (Å²) in [6.45, 7) is 2.78. The van der Waals surface area contributed by atoms with E-state index in [1.807, 2.05) is 42.3 Å². The molecule has 1 aliphatic heterocycles. The summed E-state index contributed by atoms with van der Waals surface area (Å²) in [6, 6.07) is 14.2. The molecule has 0 bridgehead atoms. The Balaban J connectivity index is 0.00000210. The van der Waals surface area contributed by atoms with Crippen LogP contribution in [0.5, 0.6) is 0 Å². The Hall–Kier alpha value is -2.48. The van der Waals surface area contributed by atoms with Crippen molar-refractivity contribution in [3.8, 4) is 11.5 Å². The van der Waals surface area contributed by atoms with Gasteiger partial charge < -0.3 is 14.7 Å². The van der Waals surface area contributed by atoms with E-state index in [0.29, 0.717) is 11.7 Å². The van der Waals surface area contributed by atoms with Gasteiger partial charge in [-0.1, -0.05) is 23.4 Å². The van der Waals surface area contributed by atoms with Gasteiger partial charge in [0.15, 0.2) is 5.82 Å². The van der Waals surface area contributed by atoms with Crippen molar-refractivity contribution < 1.29 is 4.52 Å². The Morgan fingerprint density at radius 1 is 1.19 bits per heavy atom. The molecular formula is C19H23ClN6O. The van der Waals surface area contributed by atoms with Crippen LogP contribution in [0.25, 0.3) is 11.5 Å². The fourth-order valence-electron chi connectivity index (χ4n) is 3.08. The molecule has 1 atom stereocenters. The van der Waals surface area contributed by atoms with Crippen LogP contribution < -0.4 is 10.2 Å². The Morgan fingerprint density at radius 2 is 2.00 bits per heavy atom. The second-order valence-corrected chi connectivity index (χ2v) is 6.46. The molecule has 1 N–H and O–H groups in total. The molecule has 0 radical (unpaired) electrons. The molecule has 1 aliphatic rings. The lowest BCUT2D eigenvalue weighted by atomic mass is 10.2. The fraction of sp³-hybridized carbons (Fsp3) is 0.316. The number of halogens is 1. The van der Waals surface area contributed by atoms with Crippen LogP contribution in [-0.2, 0) is 0 Å². The van der Waals surface area contributed by atoms with Gasteiger partial charge in [0.25, 0.3) is 5.89 Å². The van der Waals surface area contributed by atoms with Crippen LogP contribution >= 0.6 is 12.4 Å². The van der Waals surface area contributed by atoms with E-state index in [1.54, 1.807) is 6.20 Å². The molecule has 3 aromatic rings. The highest BCUT2D eigenvalue weighted by molar-refractivity contribution is 5.85. The van der Waals surface area contributed by atoms with E-state index in [-0.39, 0.29) is 18.4 Å². The zero-order chi connectivity index (χ0) is 17.9. The molecule has 1 aromatic carbocycles. The second-order valence-electron chi connectivity index (χ2n) is 6.46. The van der Waals surface area contributed by atoms with E-state index in [4.69, 9.17) is 4.52 Å². The number of anilines is 2. The van der Waals surface area contributed by atoms with E-state index in [2.05, 4.69) is 44.5 Å². The Kier molecular flexibility index (Phi) is 6.05. The van der Waals surface area contributed by atoms with Crippen molar-refractivity contribution in [1.29, 1.82) is 0 Å². The van der Waals surface area contributed by atoms with E-state index < -0.39 is 0 Å². The number of para-hydroxylation sites is 1. The maximum absolute atomic E-state index is 5.47. The third kappa shape index (κ3) is 4.10. The number of aromatic nitrogens is 3. The topological polar surface area (TPSA) is 70.3 Å². The molecule has 27 heavy (non-hydrogen) atoms. The van der Waals surface area contributed by atoms with Gasteiger partial charge in [-0.2, -0.15) is 4.98 Å². The number of rotatable bonds is 4. The van der Waals surface area contributed by atoms with Crippen LogP contribution in [0.15, 0.2) is 53.2 Å². The minimum atomic E-state index is 0. The van der Waals surface area contributed by atoms with Crippen molar-refractivity contribution in [1.82, 2.24) is 25.3 Å². The number of hydrogen-bond donors (Lipinski definition) is 1. The summed E-state index contributed by atoms with van der Waals surface area (Å²) in [6.07, 6.45) is 1.77. The molecular weight excluding hydrogens is 364 g/mol. The molecule has 2 aromatic heterocycles. The van der Waals surface area contributed by atoms with E-state index in [9.17, 15) is 0 Å². The highest BCUT2D eigenvalue weighted by atomic mass is 35.5. The van der Waals surface area contributed by atoms with Crippen molar-refractivity contribution in [3.05, 3.63) is 54.5 Å². The van der Waals surface area contributed by atoms with Gasteiger partial charge in [-0.3, -0.25) is 4.90 Å². The summed E-state index contributed by atoms with van der Waals surface area (Å²) >= 11 is 0. The largest absolute Gasteiger partial charge is 0.334 e. The molecule has 7 nitrogen and oxygen atoms in total. The highest BCUT2D eigenvalue weighted by Gasteiger charge is 2.25. The zero-order valence-electron chi connectivity index (χ0n) is 15.4. The van der Waals surface area contributed by atoms with Crippen LogP contribution in [0.2, 0.25) is 0 Å². The summed E-state index contributed by atoms with van der Waals surface area (Å²) in [5.74, 6) is 2.07. The first kappa shape index (κ1) is 19.3. The number of nitrogens with one attached hydrogen (secondary N) is 1. The first-order chi connectivity index (χ1) is 12.7. The minimum absolute atomic E-state index is 0. The number of pyridine rings is 1. The molecule has 1 fully saturated rings. The molecule has 4 rings (SSSR count). The molecule has 142 valence electrons. The van der Waals surface area contributed by atoms with Crippen LogP contribution in [-0.4, -0.2) is 53.8 Å². The standard InChI is InChI=1S/C19H22N6O.ClH/c1-24-11-10-20-13-16(24)18-22-19(26-23-18)14-8-9-17(21-12-14)25(2)15-6-4-3-5-7-15;/h3-9,12,16,20H,10-11,13H2,1-2H3;1H. The predicted molar refractivity (Wildman–Crippen MR) is 108 cm³/mol. The quantitative estimate of drug-likeness (QED) is 0.739. The molecule has 0 aliphatic carbocycles. The maximum atomic E-state index is 5.47. The number of nitrogens with zero attached hydrogens (tertiary/aromatic N) is 5. The monoisotopic (exact) mass is 386 g/mol. The lowest BCUT2D eigenvalue weighted by molar-refractivity contribution is 0.190. The average Bonchev–Trinajstić information content (AvgIpc) is 3.18. The normalized spacial score (nSPS) is 17.3. The lowest BCUT2D eigenvalue weighted by Crippen LogP contribution is -2.44. The Bertz CT molecular complexity index is 854. The van der Waals surface area contributed by atoms with Gasteiger partial charge in [0.2, 0.25) is 0 Å². The molecule has 0 spiro atoms. The van der Waals surface area contributed by atoms with Gasteiger partial charge in [0.05, 0.1) is 11.6 Å². The van der Waals surface area contributed by atoms with Crippen molar-refractivity contribution in [2.24, 2.45) is 0 Å². The summed E-state index contributed by atoms with van der Waals surface area (Å²) < 4.78 is 5.47. The number of likely N-dealkylation sites (N-methyl/N-ethyl adjacent to an activating group) is 1. The first-order valence-electron chi connectivity index (χ1n) is 8.72. The van der Waals surface area contributed by atoms with Crippen LogP contribution in [0, 0.1) is 0 Å². The van der Waals surface area contributed by atoms with Crippen molar-refractivity contribution in [2.75, 3.05) is 38.6 Å². The Morgan fingerprint density at radius 3 is 2.70 bits per heavy atom. The van der Waals surface area contributed by atoms with Crippen molar-refractivity contribution in [2.45, 2.75) is 6.04 Å². The van der Waals surface area contributed by atoms with E-state index in [0.717, 1.165) is 36.7 Å². The zero-order valence-corrected chi connectivity index (χ0v) is 16.2. The van der Waals surface area contributed by atoms with Crippen molar-refractivity contribution in [3.63, 3.8) is 0 Å². The van der Waals surface area contributed by atoms with Gasteiger partial charge in [0.1, 0.15) is 5.82 Å². The smallest absolute Gasteiger partial charge is 0.259 e. The molecule has 8 heteroatoms. The maximum Gasteiger partial charge on any atom is 0.259 e. The fourth-order valence-corrected chi connectivity index (χ4v) is 3.08. The van der Waals surface area contributed by atoms with Crippen LogP contribution in [0.1, 0.15) is 11.9 Å². The molecule has 1 saturated heterocycles. The average molecular weight is 387 g/mol. The number of hydrogen-bond acceptors (Lipinski definition) is 7. The van der Waals surface area contributed by atoms with Crippen LogP contribution in [0.4, 0.5) is 11.5 Å². The third-order valence-corrected chi connectivity index (χ3v) is 4.73. The summed E-state index contributed by atoms with van der Waals surface area (Å²) in [5, 5.41) is 7.53. The predicted octanol–water partition coefficient (Wildman–Crippen LogP) is 2.90. The van der Waals surface area contributed by atoms with Gasteiger partial charge in [-0.25, -0.2) is 4.98 Å². The summed E-state index contributed by atoms with van der Waals surface area (Å²) in [5.41, 5.74) is 1.90. The van der Waals surface area contributed by atoms with Gasteiger partial charge in [-0.15, -0.1) is 12.4 Å². The van der Waals surface area contributed by atoms with Gasteiger partial charge in [-0.05, 0) is 31.3 Å².